The van der Waals surface area contributed by atoms with Crippen molar-refractivity contribution in [3.63, 3.8) is 0 Å². The lowest BCUT2D eigenvalue weighted by Gasteiger charge is -2.17. The first-order chi connectivity index (χ1) is 8.03. The molecule has 3 nitrogen and oxygen atoms in total. The highest BCUT2D eigenvalue weighted by atomic mass is 19.3. The maximum Gasteiger partial charge on any atom is 0.277 e. The Labute approximate surface area is 101 Å². The van der Waals surface area contributed by atoms with E-state index in [1.54, 1.807) is 0 Å². The van der Waals surface area contributed by atoms with Gasteiger partial charge in [0.25, 0.3) is 5.92 Å². The fraction of sp³-hybridized carbons (Fsp3) is 0.917. The number of halogens is 2. The van der Waals surface area contributed by atoms with Crippen LogP contribution in [0, 0.1) is 5.92 Å². The van der Waals surface area contributed by atoms with Crippen LogP contribution in [-0.4, -0.2) is 24.9 Å². The van der Waals surface area contributed by atoms with Gasteiger partial charge in [-0.2, -0.15) is 0 Å². The minimum Gasteiger partial charge on any atom is -0.350 e. The second kappa shape index (κ2) is 6.89. The molecule has 3 N–H and O–H groups in total. The van der Waals surface area contributed by atoms with E-state index in [-0.39, 0.29) is 5.91 Å². The van der Waals surface area contributed by atoms with Gasteiger partial charge in [-0.15, -0.1) is 0 Å². The molecule has 0 aliphatic heterocycles. The summed E-state index contributed by atoms with van der Waals surface area (Å²) < 4.78 is 25.6. The highest BCUT2D eigenvalue weighted by molar-refractivity contribution is 5.76. The van der Waals surface area contributed by atoms with Crippen molar-refractivity contribution >= 4 is 5.91 Å². The lowest BCUT2D eigenvalue weighted by atomic mass is 9.96. The van der Waals surface area contributed by atoms with Gasteiger partial charge in [0.05, 0.1) is 13.1 Å². The van der Waals surface area contributed by atoms with Gasteiger partial charge in [0.2, 0.25) is 5.91 Å². The Bertz CT molecular complexity index is 239. The fourth-order valence-electron chi connectivity index (χ4n) is 2.20. The first kappa shape index (κ1) is 14.4. The first-order valence-electron chi connectivity index (χ1n) is 6.38. The van der Waals surface area contributed by atoms with Crippen molar-refractivity contribution in [3.8, 4) is 0 Å². The fourth-order valence-corrected chi connectivity index (χ4v) is 2.20. The van der Waals surface area contributed by atoms with Crippen molar-refractivity contribution in [3.05, 3.63) is 0 Å². The Morgan fingerprint density at radius 3 is 2.35 bits per heavy atom. The van der Waals surface area contributed by atoms with Crippen LogP contribution in [0.1, 0.15) is 44.9 Å². The number of carbonyl (C=O) groups is 1. The molecule has 0 aromatic rings. The van der Waals surface area contributed by atoms with Crippen LogP contribution in [0.3, 0.4) is 0 Å². The number of amides is 1. The zero-order valence-corrected chi connectivity index (χ0v) is 10.2. The summed E-state index contributed by atoms with van der Waals surface area (Å²) in [6.45, 7) is -1.37. The second-order valence-corrected chi connectivity index (χ2v) is 4.90. The van der Waals surface area contributed by atoms with Crippen LogP contribution in [-0.2, 0) is 4.79 Å². The van der Waals surface area contributed by atoms with E-state index < -0.39 is 19.0 Å². The predicted octanol–water partition coefficient (Wildman–Crippen LogP) is 2.06. The molecule has 0 saturated heterocycles. The predicted molar refractivity (Wildman–Crippen MR) is 62.8 cm³/mol. The molecule has 1 aliphatic carbocycles. The lowest BCUT2D eigenvalue weighted by Crippen LogP contribution is -2.41. The van der Waals surface area contributed by atoms with Crippen LogP contribution in [0.5, 0.6) is 0 Å². The average Bonchev–Trinajstić information content (AvgIpc) is 2.55. The van der Waals surface area contributed by atoms with Crippen LogP contribution in [0.25, 0.3) is 0 Å². The van der Waals surface area contributed by atoms with Gasteiger partial charge >= 0.3 is 0 Å². The molecule has 5 heteroatoms. The summed E-state index contributed by atoms with van der Waals surface area (Å²) in [6, 6.07) is 0. The Morgan fingerprint density at radius 1 is 1.24 bits per heavy atom. The molecule has 1 rings (SSSR count). The van der Waals surface area contributed by atoms with Crippen LogP contribution >= 0.6 is 0 Å². The van der Waals surface area contributed by atoms with Crippen molar-refractivity contribution in [2.24, 2.45) is 11.7 Å². The van der Waals surface area contributed by atoms with Crippen molar-refractivity contribution in [2.75, 3.05) is 13.1 Å². The molecule has 0 aromatic carbocycles. The van der Waals surface area contributed by atoms with Crippen molar-refractivity contribution in [1.29, 1.82) is 0 Å². The minimum atomic E-state index is -2.99. The molecule has 0 atom stereocenters. The largest absolute Gasteiger partial charge is 0.350 e. The number of carbonyl (C=O) groups excluding carboxylic acids is 1. The topological polar surface area (TPSA) is 55.1 Å². The lowest BCUT2D eigenvalue weighted by molar-refractivity contribution is -0.123. The Morgan fingerprint density at radius 2 is 1.82 bits per heavy atom. The van der Waals surface area contributed by atoms with Gasteiger partial charge in [-0.05, 0) is 18.8 Å². The zero-order valence-electron chi connectivity index (χ0n) is 10.2. The first-order valence-corrected chi connectivity index (χ1v) is 6.38. The van der Waals surface area contributed by atoms with Gasteiger partial charge in [0, 0.05) is 6.42 Å². The standard InChI is InChI=1S/C12H22F2N2O/c13-12(14,8-15)9-16-11(17)7-10-5-3-1-2-4-6-10/h10H,1-9,15H2,(H,16,17). The van der Waals surface area contributed by atoms with Crippen molar-refractivity contribution in [2.45, 2.75) is 50.9 Å². The molecule has 0 unspecified atom stereocenters. The van der Waals surface area contributed by atoms with E-state index in [1.165, 1.54) is 12.8 Å². The van der Waals surface area contributed by atoms with Crippen LogP contribution in [0.4, 0.5) is 8.78 Å². The summed E-state index contributed by atoms with van der Waals surface area (Å²) in [5.41, 5.74) is 4.90. The quantitative estimate of drug-likeness (QED) is 0.732. The van der Waals surface area contributed by atoms with Gasteiger partial charge in [-0.25, -0.2) is 8.78 Å². The SMILES string of the molecule is NCC(F)(F)CNC(=O)CC1CCCCCC1. The third-order valence-corrected chi connectivity index (χ3v) is 3.29. The van der Waals surface area contributed by atoms with Gasteiger partial charge in [0.1, 0.15) is 0 Å². The third kappa shape index (κ3) is 5.96. The van der Waals surface area contributed by atoms with Gasteiger partial charge in [-0.3, -0.25) is 4.79 Å². The molecule has 0 radical (unpaired) electrons. The monoisotopic (exact) mass is 248 g/mol. The molecule has 0 spiro atoms. The Kier molecular flexibility index (Phi) is 5.82. The van der Waals surface area contributed by atoms with Crippen LogP contribution in [0.2, 0.25) is 0 Å². The highest BCUT2D eigenvalue weighted by Crippen LogP contribution is 2.25. The normalized spacial score (nSPS) is 18.8. The second-order valence-electron chi connectivity index (χ2n) is 4.90. The molecule has 100 valence electrons. The number of rotatable bonds is 5. The number of nitrogens with two attached hydrogens (primary N) is 1. The summed E-state index contributed by atoms with van der Waals surface area (Å²) in [5.74, 6) is -2.90. The van der Waals surface area contributed by atoms with Gasteiger partial charge in [0.15, 0.2) is 0 Å². The maximum absolute atomic E-state index is 12.8. The van der Waals surface area contributed by atoms with E-state index in [1.807, 2.05) is 0 Å². The molecular formula is C12H22F2N2O. The number of alkyl halides is 2. The summed E-state index contributed by atoms with van der Waals surface area (Å²) in [6.07, 6.45) is 7.21. The summed E-state index contributed by atoms with van der Waals surface area (Å²) >= 11 is 0. The number of nitrogens with one attached hydrogen (secondary N) is 1. The summed E-state index contributed by atoms with van der Waals surface area (Å²) in [4.78, 5) is 11.5. The van der Waals surface area contributed by atoms with Gasteiger partial charge < -0.3 is 11.1 Å². The maximum atomic E-state index is 12.8. The number of hydrogen-bond donors (Lipinski definition) is 2. The Balaban J connectivity index is 2.24. The van der Waals surface area contributed by atoms with Crippen LogP contribution in [0.15, 0.2) is 0 Å². The molecule has 1 amide bonds. The molecule has 0 aromatic heterocycles. The smallest absolute Gasteiger partial charge is 0.277 e. The van der Waals surface area contributed by atoms with E-state index in [0.717, 1.165) is 25.7 Å². The molecule has 1 fully saturated rings. The molecular weight excluding hydrogens is 226 g/mol. The molecule has 0 heterocycles. The summed E-state index contributed by atoms with van der Waals surface area (Å²) in [7, 11) is 0. The highest BCUT2D eigenvalue weighted by Gasteiger charge is 2.27. The van der Waals surface area contributed by atoms with E-state index >= 15 is 0 Å². The average molecular weight is 248 g/mol. The molecule has 0 bridgehead atoms. The summed E-state index contributed by atoms with van der Waals surface area (Å²) in [5, 5.41) is 2.27. The molecule has 1 saturated carbocycles. The third-order valence-electron chi connectivity index (χ3n) is 3.29. The van der Waals surface area contributed by atoms with E-state index in [4.69, 9.17) is 5.73 Å². The molecule has 1 aliphatic rings. The van der Waals surface area contributed by atoms with E-state index in [9.17, 15) is 13.6 Å². The number of hydrogen-bond acceptors (Lipinski definition) is 2. The Hall–Kier alpha value is -0.710. The zero-order chi connectivity index (χ0) is 12.7. The van der Waals surface area contributed by atoms with Gasteiger partial charge in [-0.1, -0.05) is 25.7 Å². The minimum absolute atomic E-state index is 0.273. The van der Waals surface area contributed by atoms with Crippen molar-refractivity contribution in [1.82, 2.24) is 5.32 Å². The van der Waals surface area contributed by atoms with E-state index in [0.29, 0.717) is 12.3 Å². The van der Waals surface area contributed by atoms with E-state index in [2.05, 4.69) is 5.32 Å². The van der Waals surface area contributed by atoms with Crippen molar-refractivity contribution < 1.29 is 13.6 Å². The molecule has 17 heavy (non-hydrogen) atoms. The van der Waals surface area contributed by atoms with Crippen LogP contribution < -0.4 is 11.1 Å².